The maximum atomic E-state index is 13.7. The second-order valence-electron chi connectivity index (χ2n) is 8.24. The Balaban J connectivity index is 1.42. The fourth-order valence-corrected chi connectivity index (χ4v) is 4.05. The Labute approximate surface area is 201 Å². The van der Waals surface area contributed by atoms with E-state index in [0.29, 0.717) is 23.0 Å². The molecule has 1 saturated heterocycles. The Morgan fingerprint density at radius 2 is 2.12 bits per heavy atom. The predicted molar refractivity (Wildman–Crippen MR) is 126 cm³/mol. The molecule has 1 aromatic carbocycles. The van der Waals surface area contributed by atoms with Crippen molar-refractivity contribution in [2.75, 3.05) is 25.1 Å². The van der Waals surface area contributed by atoms with Crippen molar-refractivity contribution in [2.45, 2.75) is 38.3 Å². The molecule has 1 atom stereocenters. The van der Waals surface area contributed by atoms with Crippen molar-refractivity contribution in [3.63, 3.8) is 0 Å². The summed E-state index contributed by atoms with van der Waals surface area (Å²) in [7, 11) is 0. The number of aryl methyl sites for hydroxylation is 1. The molecule has 11 heteroatoms. The van der Waals surface area contributed by atoms with Gasteiger partial charge in [0.2, 0.25) is 11.9 Å². The summed E-state index contributed by atoms with van der Waals surface area (Å²) in [4.78, 5) is 26.0. The molecule has 3 heterocycles. The van der Waals surface area contributed by atoms with Crippen LogP contribution < -0.4 is 16.4 Å². The highest BCUT2D eigenvalue weighted by Crippen LogP contribution is 2.20. The average molecular weight is 488 g/mol. The molecule has 1 amide bonds. The first kappa shape index (κ1) is 24.1. The lowest BCUT2D eigenvalue weighted by molar-refractivity contribution is -0.121. The minimum Gasteiger partial charge on any atom is -0.381 e. The van der Waals surface area contributed by atoms with Crippen LogP contribution in [0.4, 0.5) is 10.3 Å². The van der Waals surface area contributed by atoms with Crippen LogP contribution in [0.1, 0.15) is 35.7 Å². The third-order valence-corrected chi connectivity index (χ3v) is 5.80. The molecule has 0 saturated carbocycles. The molecule has 0 spiro atoms. The summed E-state index contributed by atoms with van der Waals surface area (Å²) < 4.78 is 20.9. The Hall–Kier alpha value is -3.08. The number of aromatic nitrogens is 4. The van der Waals surface area contributed by atoms with Gasteiger partial charge in [0.05, 0.1) is 18.2 Å². The summed E-state index contributed by atoms with van der Waals surface area (Å²) in [6.45, 7) is 3.46. The molecular weight excluding hydrogens is 461 g/mol. The maximum absolute atomic E-state index is 13.7. The molecule has 180 valence electrons. The molecule has 4 rings (SSSR count). The molecule has 0 aliphatic carbocycles. The van der Waals surface area contributed by atoms with E-state index in [9.17, 15) is 9.18 Å². The molecule has 34 heavy (non-hydrogen) atoms. The fourth-order valence-electron chi connectivity index (χ4n) is 3.82. The molecule has 0 unspecified atom stereocenters. The molecule has 3 aromatic rings. The van der Waals surface area contributed by atoms with Gasteiger partial charge in [-0.1, -0.05) is 11.6 Å². The number of nitrogens with two attached hydrogens (primary N) is 1. The van der Waals surface area contributed by atoms with Crippen LogP contribution in [0.15, 0.2) is 36.9 Å². The highest BCUT2D eigenvalue weighted by atomic mass is 35.5. The van der Waals surface area contributed by atoms with Crippen LogP contribution in [0.2, 0.25) is 5.02 Å². The predicted octanol–water partition coefficient (Wildman–Crippen LogP) is 2.71. The van der Waals surface area contributed by atoms with E-state index in [1.807, 2.05) is 6.92 Å². The molecule has 1 aliphatic rings. The number of carbonyl (C=O) groups is 1. The minimum absolute atomic E-state index is 0.0316. The van der Waals surface area contributed by atoms with E-state index < -0.39 is 11.9 Å². The Bertz CT molecular complexity index is 1130. The van der Waals surface area contributed by atoms with Crippen LogP contribution in [-0.4, -0.2) is 51.2 Å². The molecule has 1 fully saturated rings. The van der Waals surface area contributed by atoms with E-state index >= 15 is 0 Å². The van der Waals surface area contributed by atoms with E-state index in [2.05, 4.69) is 25.6 Å². The van der Waals surface area contributed by atoms with Gasteiger partial charge in [-0.05, 0) is 43.5 Å². The Morgan fingerprint density at radius 1 is 1.32 bits per heavy atom. The molecule has 9 nitrogen and oxygen atoms in total. The van der Waals surface area contributed by atoms with Crippen molar-refractivity contribution in [3.8, 4) is 5.82 Å². The first-order chi connectivity index (χ1) is 16.4. The number of carbonyl (C=O) groups excluding carboxylic acids is 1. The Kier molecular flexibility index (Phi) is 7.71. The topological polar surface area (TPSA) is 120 Å². The third kappa shape index (κ3) is 6.07. The van der Waals surface area contributed by atoms with E-state index in [1.54, 1.807) is 29.4 Å². The van der Waals surface area contributed by atoms with Crippen LogP contribution in [0, 0.1) is 12.7 Å². The molecular formula is C23H27ClFN7O2. The number of nitrogens with zero attached hydrogens (tertiary/aromatic N) is 4. The summed E-state index contributed by atoms with van der Waals surface area (Å²) in [5.74, 6) is 0.445. The van der Waals surface area contributed by atoms with E-state index in [1.165, 1.54) is 12.1 Å². The van der Waals surface area contributed by atoms with Gasteiger partial charge in [-0.3, -0.25) is 9.36 Å². The van der Waals surface area contributed by atoms with Gasteiger partial charge in [-0.25, -0.2) is 14.4 Å². The average Bonchev–Trinajstić information content (AvgIpc) is 3.27. The number of ether oxygens (including phenoxy) is 1. The maximum Gasteiger partial charge on any atom is 0.226 e. The van der Waals surface area contributed by atoms with E-state index in [4.69, 9.17) is 22.1 Å². The first-order valence-electron chi connectivity index (χ1n) is 11.1. The van der Waals surface area contributed by atoms with Gasteiger partial charge in [0.25, 0.3) is 0 Å². The van der Waals surface area contributed by atoms with Crippen LogP contribution in [-0.2, 0) is 16.0 Å². The summed E-state index contributed by atoms with van der Waals surface area (Å²) in [6, 6.07) is 3.80. The first-order valence-corrected chi connectivity index (χ1v) is 11.5. The van der Waals surface area contributed by atoms with Crippen molar-refractivity contribution >= 4 is 23.5 Å². The lowest BCUT2D eigenvalue weighted by Gasteiger charge is -2.23. The normalized spacial score (nSPS) is 15.2. The van der Waals surface area contributed by atoms with E-state index in [0.717, 1.165) is 31.6 Å². The van der Waals surface area contributed by atoms with Crippen molar-refractivity contribution in [1.82, 2.24) is 24.8 Å². The molecule has 2 aromatic heterocycles. The summed E-state index contributed by atoms with van der Waals surface area (Å²) >= 11 is 5.93. The van der Waals surface area contributed by atoms with Gasteiger partial charge in [0.1, 0.15) is 18.0 Å². The lowest BCUT2D eigenvalue weighted by atomic mass is 10.1. The minimum atomic E-state index is -0.564. The zero-order valence-electron chi connectivity index (χ0n) is 18.8. The zero-order chi connectivity index (χ0) is 24.1. The quantitative estimate of drug-likeness (QED) is 0.446. The number of nitrogens with one attached hydrogen (secondary N) is 2. The standard InChI is InChI=1S/C23H27ClFN7O2/c1-14-11-27-23(29-18-2-4-34-5-3-18)31-22(14)32-12-19(28-13-32)9-21(33)30-20(10-26)15-6-16(24)8-17(25)7-15/h6-8,11-13,18,20H,2-5,9-10,26H2,1H3,(H,30,33)(H,27,29,31)/t20-/m1/s1. The van der Waals surface area contributed by atoms with Crippen LogP contribution in [0.3, 0.4) is 0 Å². The number of amides is 1. The van der Waals surface area contributed by atoms with Gasteiger partial charge in [-0.2, -0.15) is 4.98 Å². The largest absolute Gasteiger partial charge is 0.381 e. The SMILES string of the molecule is Cc1cnc(NC2CCOCC2)nc1-n1cnc(CC(=O)N[C@H](CN)c2cc(F)cc(Cl)c2)c1. The number of hydrogen-bond donors (Lipinski definition) is 3. The Morgan fingerprint density at radius 3 is 2.85 bits per heavy atom. The van der Waals surface area contributed by atoms with Crippen LogP contribution in [0.5, 0.6) is 0 Å². The van der Waals surface area contributed by atoms with Gasteiger partial charge in [0.15, 0.2) is 0 Å². The zero-order valence-corrected chi connectivity index (χ0v) is 19.6. The molecule has 0 radical (unpaired) electrons. The monoisotopic (exact) mass is 487 g/mol. The highest BCUT2D eigenvalue weighted by molar-refractivity contribution is 6.30. The summed E-state index contributed by atoms with van der Waals surface area (Å²) in [5.41, 5.74) is 7.73. The second kappa shape index (κ2) is 10.9. The third-order valence-electron chi connectivity index (χ3n) is 5.58. The number of hydrogen-bond acceptors (Lipinski definition) is 7. The van der Waals surface area contributed by atoms with Gasteiger partial charge in [-0.15, -0.1) is 0 Å². The van der Waals surface area contributed by atoms with E-state index in [-0.39, 0.29) is 29.9 Å². The number of benzene rings is 1. The number of rotatable bonds is 8. The van der Waals surface area contributed by atoms with Gasteiger partial charge >= 0.3 is 0 Å². The second-order valence-corrected chi connectivity index (χ2v) is 8.68. The number of halogens is 2. The lowest BCUT2D eigenvalue weighted by Crippen LogP contribution is -2.34. The van der Waals surface area contributed by atoms with Gasteiger partial charge < -0.3 is 21.1 Å². The van der Waals surface area contributed by atoms with Crippen molar-refractivity contribution in [1.29, 1.82) is 0 Å². The molecule has 1 aliphatic heterocycles. The van der Waals surface area contributed by atoms with Crippen LogP contribution in [0.25, 0.3) is 5.82 Å². The number of anilines is 1. The summed E-state index contributed by atoms with van der Waals surface area (Å²) in [6.07, 6.45) is 6.97. The van der Waals surface area contributed by atoms with Gasteiger partial charge in [0, 0.05) is 48.8 Å². The number of imidazole rings is 1. The summed E-state index contributed by atoms with van der Waals surface area (Å²) in [5, 5.41) is 6.42. The van der Waals surface area contributed by atoms with Crippen molar-refractivity contribution in [2.24, 2.45) is 5.73 Å². The fraction of sp³-hybridized carbons (Fsp3) is 0.391. The molecule has 4 N–H and O–H groups in total. The van der Waals surface area contributed by atoms with Crippen LogP contribution >= 0.6 is 11.6 Å². The smallest absolute Gasteiger partial charge is 0.226 e. The van der Waals surface area contributed by atoms with Crippen molar-refractivity contribution < 1.29 is 13.9 Å². The molecule has 0 bridgehead atoms. The highest BCUT2D eigenvalue weighted by Gasteiger charge is 2.18. The van der Waals surface area contributed by atoms with Crippen molar-refractivity contribution in [3.05, 3.63) is 64.6 Å².